The number of rotatable bonds is 5. The normalized spacial score (nSPS) is 15.2. The van der Waals surface area contributed by atoms with E-state index in [0.717, 1.165) is 61.9 Å². The fourth-order valence-corrected chi connectivity index (χ4v) is 4.75. The van der Waals surface area contributed by atoms with E-state index >= 15 is 0 Å². The van der Waals surface area contributed by atoms with E-state index in [2.05, 4.69) is 16.4 Å². The van der Waals surface area contributed by atoms with Crippen LogP contribution in [0.15, 0.2) is 33.9 Å². The molecule has 9 heteroatoms. The smallest absolute Gasteiger partial charge is 0.332 e. The van der Waals surface area contributed by atoms with E-state index in [0.29, 0.717) is 16.9 Å². The van der Waals surface area contributed by atoms with Gasteiger partial charge in [0, 0.05) is 44.6 Å². The summed E-state index contributed by atoms with van der Waals surface area (Å²) in [6, 6.07) is 7.82. The van der Waals surface area contributed by atoms with Crippen molar-refractivity contribution in [2.75, 3.05) is 32.8 Å². The molecule has 4 heterocycles. The number of hydrogen-bond acceptors (Lipinski definition) is 5. The van der Waals surface area contributed by atoms with Gasteiger partial charge in [-0.3, -0.25) is 23.2 Å². The topological polar surface area (TPSA) is 78.7 Å². The molecule has 0 spiro atoms. The van der Waals surface area contributed by atoms with Crippen LogP contribution >= 0.6 is 0 Å². The second-order valence-electron chi connectivity index (χ2n) is 8.86. The van der Waals surface area contributed by atoms with E-state index < -0.39 is 0 Å². The Morgan fingerprint density at radius 3 is 2.42 bits per heavy atom. The van der Waals surface area contributed by atoms with Gasteiger partial charge in [-0.05, 0) is 31.9 Å². The van der Waals surface area contributed by atoms with Gasteiger partial charge in [0.05, 0.1) is 19.8 Å². The predicted octanol–water partition coefficient (Wildman–Crippen LogP) is 1.46. The van der Waals surface area contributed by atoms with Crippen molar-refractivity contribution < 1.29 is 4.74 Å². The van der Waals surface area contributed by atoms with Crippen molar-refractivity contribution in [3.63, 3.8) is 0 Å². The van der Waals surface area contributed by atoms with Crippen LogP contribution in [-0.4, -0.2) is 60.8 Å². The van der Waals surface area contributed by atoms with Crippen molar-refractivity contribution in [2.45, 2.75) is 33.9 Å². The summed E-state index contributed by atoms with van der Waals surface area (Å²) in [5, 5.41) is 0. The van der Waals surface area contributed by atoms with Crippen LogP contribution in [0.1, 0.15) is 22.5 Å². The van der Waals surface area contributed by atoms with Crippen LogP contribution in [0.2, 0.25) is 0 Å². The van der Waals surface area contributed by atoms with Gasteiger partial charge in [-0.1, -0.05) is 24.3 Å². The van der Waals surface area contributed by atoms with Crippen LogP contribution in [0.5, 0.6) is 0 Å². The number of morpholine rings is 1. The third-order valence-electron chi connectivity index (χ3n) is 6.96. The Balaban J connectivity index is 1.65. The Morgan fingerprint density at radius 2 is 1.70 bits per heavy atom. The van der Waals surface area contributed by atoms with E-state index in [-0.39, 0.29) is 17.8 Å². The molecule has 0 amide bonds. The highest BCUT2D eigenvalue weighted by atomic mass is 16.5. The first-order chi connectivity index (χ1) is 15.9. The molecule has 1 fully saturated rings. The molecule has 0 saturated carbocycles. The summed E-state index contributed by atoms with van der Waals surface area (Å²) in [6.07, 6.45) is 0. The minimum Gasteiger partial charge on any atom is -0.379 e. The highest BCUT2D eigenvalue weighted by Crippen LogP contribution is 2.21. The van der Waals surface area contributed by atoms with Crippen molar-refractivity contribution in [1.29, 1.82) is 0 Å². The summed E-state index contributed by atoms with van der Waals surface area (Å²) in [6.45, 7) is 11.3. The van der Waals surface area contributed by atoms with Gasteiger partial charge in [0.25, 0.3) is 5.56 Å². The average Bonchev–Trinajstić information content (AvgIpc) is 3.31. The molecular weight excluding hydrogens is 420 g/mol. The number of imidazole rings is 2. The lowest BCUT2D eigenvalue weighted by molar-refractivity contribution is 0.0364. The monoisotopic (exact) mass is 450 g/mol. The van der Waals surface area contributed by atoms with E-state index in [1.165, 1.54) is 9.13 Å². The Hall–Kier alpha value is -3.17. The molecule has 4 aromatic rings. The van der Waals surface area contributed by atoms with Gasteiger partial charge in [0.15, 0.2) is 11.2 Å². The highest BCUT2D eigenvalue weighted by Gasteiger charge is 2.23. The lowest BCUT2D eigenvalue weighted by Crippen LogP contribution is -2.39. The zero-order valence-corrected chi connectivity index (χ0v) is 19.7. The second kappa shape index (κ2) is 8.31. The molecular formula is C24H30N6O3. The number of aryl methyl sites for hydroxylation is 3. The van der Waals surface area contributed by atoms with Crippen LogP contribution in [0.3, 0.4) is 0 Å². The van der Waals surface area contributed by atoms with Crippen LogP contribution in [0.25, 0.3) is 16.9 Å². The molecule has 33 heavy (non-hydrogen) atoms. The Morgan fingerprint density at radius 1 is 0.970 bits per heavy atom. The maximum atomic E-state index is 13.6. The fourth-order valence-electron chi connectivity index (χ4n) is 4.75. The van der Waals surface area contributed by atoms with Crippen LogP contribution < -0.4 is 11.2 Å². The molecule has 0 unspecified atom stereocenters. The lowest BCUT2D eigenvalue weighted by Gasteiger charge is -2.26. The van der Waals surface area contributed by atoms with Gasteiger partial charge in [0.2, 0.25) is 5.78 Å². The fraction of sp³-hybridized carbons (Fsp3) is 0.458. The van der Waals surface area contributed by atoms with E-state index in [4.69, 9.17) is 9.72 Å². The number of nitrogens with zero attached hydrogens (tertiary/aromatic N) is 6. The molecule has 1 saturated heterocycles. The van der Waals surface area contributed by atoms with E-state index in [1.807, 2.05) is 42.5 Å². The molecule has 0 radical (unpaired) electrons. The number of hydrogen-bond donors (Lipinski definition) is 0. The quantitative estimate of drug-likeness (QED) is 0.460. The molecule has 9 nitrogen and oxygen atoms in total. The van der Waals surface area contributed by atoms with Gasteiger partial charge in [-0.15, -0.1) is 0 Å². The predicted molar refractivity (Wildman–Crippen MR) is 127 cm³/mol. The SMILES string of the molecule is Cc1ccccc1Cn1c(=O)c2c(nc3n(CCN4CCOCC4)c(C)c(C)n23)n(C)c1=O. The summed E-state index contributed by atoms with van der Waals surface area (Å²) in [7, 11) is 1.69. The molecule has 3 aromatic heterocycles. The van der Waals surface area contributed by atoms with Crippen LogP contribution in [0.4, 0.5) is 0 Å². The summed E-state index contributed by atoms with van der Waals surface area (Å²) in [5.41, 5.74) is 4.25. The van der Waals surface area contributed by atoms with Crippen molar-refractivity contribution >= 4 is 16.9 Å². The van der Waals surface area contributed by atoms with Crippen molar-refractivity contribution in [1.82, 2.24) is 28.0 Å². The van der Waals surface area contributed by atoms with Crippen molar-refractivity contribution in [3.8, 4) is 0 Å². The molecule has 1 aromatic carbocycles. The van der Waals surface area contributed by atoms with E-state index in [1.54, 1.807) is 7.05 Å². The van der Waals surface area contributed by atoms with Gasteiger partial charge in [0.1, 0.15) is 0 Å². The molecule has 0 atom stereocenters. The number of fused-ring (bicyclic) bond motifs is 3. The standard InChI is InChI=1S/C24H30N6O3/c1-16-7-5-6-8-19(16)15-29-22(31)20-21(26(4)24(29)32)25-23-28(17(2)18(3)30(20)23)10-9-27-11-13-33-14-12-27/h5-8H,9-15H2,1-4H3. The van der Waals surface area contributed by atoms with Crippen LogP contribution in [-0.2, 0) is 24.9 Å². The largest absolute Gasteiger partial charge is 0.379 e. The summed E-state index contributed by atoms with van der Waals surface area (Å²) in [5.74, 6) is 0.703. The zero-order valence-electron chi connectivity index (χ0n) is 19.7. The molecule has 174 valence electrons. The number of benzene rings is 1. The molecule has 5 rings (SSSR count). The molecule has 1 aliphatic heterocycles. The Bertz CT molecular complexity index is 1470. The third kappa shape index (κ3) is 3.52. The van der Waals surface area contributed by atoms with Crippen molar-refractivity contribution in [2.24, 2.45) is 7.05 Å². The number of aromatic nitrogens is 5. The van der Waals surface area contributed by atoms with Gasteiger partial charge in [-0.2, -0.15) is 4.98 Å². The van der Waals surface area contributed by atoms with Gasteiger partial charge >= 0.3 is 5.69 Å². The van der Waals surface area contributed by atoms with Gasteiger partial charge in [-0.25, -0.2) is 4.79 Å². The molecule has 0 N–H and O–H groups in total. The zero-order chi connectivity index (χ0) is 23.3. The molecule has 0 bridgehead atoms. The van der Waals surface area contributed by atoms with Crippen molar-refractivity contribution in [3.05, 3.63) is 67.6 Å². The third-order valence-corrected chi connectivity index (χ3v) is 6.96. The lowest BCUT2D eigenvalue weighted by atomic mass is 10.1. The Kier molecular flexibility index (Phi) is 5.46. The van der Waals surface area contributed by atoms with E-state index in [9.17, 15) is 9.59 Å². The average molecular weight is 451 g/mol. The minimum atomic E-state index is -0.356. The second-order valence-corrected chi connectivity index (χ2v) is 8.86. The number of ether oxygens (including phenoxy) is 1. The first kappa shape index (κ1) is 21.7. The first-order valence-electron chi connectivity index (χ1n) is 11.4. The van der Waals surface area contributed by atoms with Gasteiger partial charge < -0.3 is 9.30 Å². The summed E-state index contributed by atoms with van der Waals surface area (Å²) >= 11 is 0. The van der Waals surface area contributed by atoms with Crippen LogP contribution in [0, 0.1) is 20.8 Å². The minimum absolute atomic E-state index is 0.233. The summed E-state index contributed by atoms with van der Waals surface area (Å²) < 4.78 is 12.3. The maximum Gasteiger partial charge on any atom is 0.332 e. The molecule has 1 aliphatic rings. The molecule has 0 aliphatic carbocycles. The summed E-state index contributed by atoms with van der Waals surface area (Å²) in [4.78, 5) is 33.9. The first-order valence-corrected chi connectivity index (χ1v) is 11.4. The maximum absolute atomic E-state index is 13.6. The Labute approximate surface area is 191 Å². The highest BCUT2D eigenvalue weighted by molar-refractivity contribution is 5.76.